The Kier molecular flexibility index (Phi) is 3.99. The Morgan fingerprint density at radius 1 is 1.52 bits per heavy atom. The molecule has 0 atom stereocenters. The molecule has 1 heterocycles. The highest BCUT2D eigenvalue weighted by Gasteiger charge is 2.15. The van der Waals surface area contributed by atoms with Crippen molar-refractivity contribution in [3.05, 3.63) is 39.8 Å². The topological polar surface area (TPSA) is 121 Å². The summed E-state index contributed by atoms with van der Waals surface area (Å²) in [5.41, 5.74) is 0.324. The maximum Gasteiger partial charge on any atom is 0.293 e. The lowest BCUT2D eigenvalue weighted by Crippen LogP contribution is -2.10. The van der Waals surface area contributed by atoms with Gasteiger partial charge in [0.15, 0.2) is 0 Å². The minimum Gasteiger partial charge on any atom is -0.371 e. The molecule has 2 aromatic rings. The molecular weight excluding hydrogens is 276 g/mol. The summed E-state index contributed by atoms with van der Waals surface area (Å²) in [6.45, 7) is 0.146. The predicted octanol–water partition coefficient (Wildman–Crippen LogP) is 1.53. The number of rotatable bonds is 5. The third-order valence-electron chi connectivity index (χ3n) is 2.61. The fourth-order valence-corrected chi connectivity index (χ4v) is 1.57. The second kappa shape index (κ2) is 5.87. The summed E-state index contributed by atoms with van der Waals surface area (Å²) in [5, 5.41) is 26.3. The highest BCUT2D eigenvalue weighted by molar-refractivity contribution is 5.63. The van der Waals surface area contributed by atoms with Crippen molar-refractivity contribution in [2.45, 2.75) is 6.54 Å². The summed E-state index contributed by atoms with van der Waals surface area (Å²) in [5.74, 6) is 0.721. The molecule has 9 heteroatoms. The van der Waals surface area contributed by atoms with Crippen LogP contribution in [-0.2, 0) is 6.54 Å². The number of nitriles is 1. The van der Waals surface area contributed by atoms with Gasteiger partial charge in [0.1, 0.15) is 5.69 Å². The molecule has 1 aromatic carbocycles. The van der Waals surface area contributed by atoms with Crippen LogP contribution in [0.2, 0.25) is 0 Å². The minimum absolute atomic E-state index is 0.146. The third-order valence-corrected chi connectivity index (χ3v) is 2.61. The summed E-state index contributed by atoms with van der Waals surface area (Å²) in [7, 11) is 3.54. The fourth-order valence-electron chi connectivity index (χ4n) is 1.57. The Balaban J connectivity index is 2.15. The number of hydrogen-bond donors (Lipinski definition) is 1. The summed E-state index contributed by atoms with van der Waals surface area (Å²) < 4.78 is 5.01. The van der Waals surface area contributed by atoms with Crippen LogP contribution < -0.4 is 10.2 Å². The second-order valence-corrected chi connectivity index (χ2v) is 4.34. The zero-order chi connectivity index (χ0) is 15.4. The Morgan fingerprint density at radius 2 is 2.29 bits per heavy atom. The first kappa shape index (κ1) is 14.3. The summed E-state index contributed by atoms with van der Waals surface area (Å²) in [4.78, 5) is 16.2. The van der Waals surface area contributed by atoms with Gasteiger partial charge < -0.3 is 14.7 Å². The number of hydrogen-bond acceptors (Lipinski definition) is 8. The van der Waals surface area contributed by atoms with Crippen LogP contribution in [0.25, 0.3) is 0 Å². The maximum absolute atomic E-state index is 11.0. The molecule has 0 amide bonds. The maximum atomic E-state index is 11.0. The van der Waals surface area contributed by atoms with E-state index in [1.165, 1.54) is 18.2 Å². The quantitative estimate of drug-likeness (QED) is 0.649. The van der Waals surface area contributed by atoms with Gasteiger partial charge in [-0.1, -0.05) is 0 Å². The van der Waals surface area contributed by atoms with Crippen molar-refractivity contribution in [1.29, 1.82) is 5.26 Å². The first-order valence-electron chi connectivity index (χ1n) is 5.93. The molecule has 0 fully saturated rings. The van der Waals surface area contributed by atoms with Gasteiger partial charge in [0, 0.05) is 20.2 Å². The Labute approximate surface area is 119 Å². The Hall–Kier alpha value is -3.15. The van der Waals surface area contributed by atoms with Crippen molar-refractivity contribution in [3.63, 3.8) is 0 Å². The molecule has 0 saturated carbocycles. The monoisotopic (exact) mass is 288 g/mol. The van der Waals surface area contributed by atoms with Gasteiger partial charge in [0.2, 0.25) is 5.89 Å². The molecule has 1 N–H and O–H groups in total. The molecule has 0 bridgehead atoms. The largest absolute Gasteiger partial charge is 0.371 e. The molecule has 0 spiro atoms. The van der Waals surface area contributed by atoms with E-state index in [4.69, 9.17) is 9.78 Å². The van der Waals surface area contributed by atoms with Crippen molar-refractivity contribution in [2.24, 2.45) is 0 Å². The van der Waals surface area contributed by atoms with E-state index in [0.717, 1.165) is 0 Å². The van der Waals surface area contributed by atoms with Gasteiger partial charge in [0.25, 0.3) is 11.6 Å². The van der Waals surface area contributed by atoms with Crippen molar-refractivity contribution in [2.75, 3.05) is 24.3 Å². The van der Waals surface area contributed by atoms with Crippen molar-refractivity contribution >= 4 is 17.3 Å². The minimum atomic E-state index is -0.553. The zero-order valence-corrected chi connectivity index (χ0v) is 11.4. The molecule has 21 heavy (non-hydrogen) atoms. The lowest BCUT2D eigenvalue weighted by molar-refractivity contribution is -0.384. The number of nitro groups is 1. The average Bonchev–Trinajstić information content (AvgIpc) is 2.94. The second-order valence-electron chi connectivity index (χ2n) is 4.34. The van der Waals surface area contributed by atoms with Gasteiger partial charge in [-0.05, 0) is 17.3 Å². The van der Waals surface area contributed by atoms with Gasteiger partial charge in [-0.15, -0.1) is 0 Å². The molecule has 9 nitrogen and oxygen atoms in total. The summed E-state index contributed by atoms with van der Waals surface area (Å²) in [6.07, 6.45) is 0. The normalized spacial score (nSPS) is 9.95. The van der Waals surface area contributed by atoms with Crippen LogP contribution in [0.15, 0.2) is 22.7 Å². The first-order chi connectivity index (χ1) is 10.0. The number of nitrogens with zero attached hydrogens (tertiary/aromatic N) is 5. The van der Waals surface area contributed by atoms with Crippen molar-refractivity contribution in [1.82, 2.24) is 10.1 Å². The van der Waals surface area contributed by atoms with Gasteiger partial charge in [-0.3, -0.25) is 10.1 Å². The summed E-state index contributed by atoms with van der Waals surface area (Å²) in [6, 6.07) is 6.04. The third kappa shape index (κ3) is 3.24. The summed E-state index contributed by atoms with van der Waals surface area (Å²) >= 11 is 0. The van der Waals surface area contributed by atoms with E-state index in [0.29, 0.717) is 11.8 Å². The van der Waals surface area contributed by atoms with E-state index in [9.17, 15) is 10.1 Å². The molecule has 1 aromatic heterocycles. The van der Waals surface area contributed by atoms with E-state index < -0.39 is 4.92 Å². The lowest BCUT2D eigenvalue weighted by Gasteiger charge is -2.05. The number of anilines is 2. The Bertz CT molecular complexity index is 703. The molecule has 0 aliphatic heterocycles. The van der Waals surface area contributed by atoms with Crippen LogP contribution >= 0.6 is 0 Å². The zero-order valence-electron chi connectivity index (χ0n) is 11.4. The Morgan fingerprint density at radius 3 is 2.86 bits per heavy atom. The fraction of sp³-hybridized carbons (Fsp3) is 0.250. The molecule has 0 unspecified atom stereocenters. The van der Waals surface area contributed by atoms with Crippen LogP contribution in [0.5, 0.6) is 0 Å². The molecule has 0 saturated heterocycles. The first-order valence-corrected chi connectivity index (χ1v) is 5.93. The van der Waals surface area contributed by atoms with E-state index in [1.54, 1.807) is 19.0 Å². The lowest BCUT2D eigenvalue weighted by atomic mass is 10.2. The molecule has 108 valence electrons. The van der Waals surface area contributed by atoms with E-state index >= 15 is 0 Å². The number of benzene rings is 1. The highest BCUT2D eigenvalue weighted by atomic mass is 16.6. The molecule has 2 rings (SSSR count). The smallest absolute Gasteiger partial charge is 0.293 e. The molecule has 0 aliphatic rings. The van der Waals surface area contributed by atoms with Crippen LogP contribution in [-0.4, -0.2) is 29.2 Å². The van der Waals surface area contributed by atoms with Crippen LogP contribution in [0.1, 0.15) is 11.5 Å². The van der Waals surface area contributed by atoms with Gasteiger partial charge in [0.05, 0.1) is 23.1 Å². The average molecular weight is 288 g/mol. The van der Waals surface area contributed by atoms with E-state index in [2.05, 4.69) is 15.5 Å². The van der Waals surface area contributed by atoms with Crippen LogP contribution in [0, 0.1) is 21.4 Å². The van der Waals surface area contributed by atoms with Gasteiger partial charge in [-0.25, -0.2) is 0 Å². The number of nitrogens with one attached hydrogen (secondary N) is 1. The molecule has 0 radical (unpaired) electrons. The van der Waals surface area contributed by atoms with Gasteiger partial charge in [-0.2, -0.15) is 10.2 Å². The van der Waals surface area contributed by atoms with E-state index in [1.807, 2.05) is 6.07 Å². The molecule has 0 aliphatic carbocycles. The van der Waals surface area contributed by atoms with Crippen LogP contribution in [0.3, 0.4) is 0 Å². The van der Waals surface area contributed by atoms with Crippen molar-refractivity contribution < 1.29 is 9.45 Å². The number of nitro benzene ring substituents is 1. The van der Waals surface area contributed by atoms with Crippen LogP contribution in [0.4, 0.5) is 17.3 Å². The van der Waals surface area contributed by atoms with E-state index in [-0.39, 0.29) is 23.5 Å². The van der Waals surface area contributed by atoms with Gasteiger partial charge >= 0.3 is 0 Å². The SMILES string of the molecule is CN(C)c1noc(CNc2ccc(C#N)cc2[N+](=O)[O-])n1. The molecular formula is C12H12N6O3. The standard InChI is InChI=1S/C12H12N6O3/c1-17(2)12-15-11(21-16-12)7-14-9-4-3-8(6-13)5-10(9)18(19)20/h3-5,14H,7H2,1-2H3. The van der Waals surface area contributed by atoms with Crippen molar-refractivity contribution in [3.8, 4) is 6.07 Å². The highest BCUT2D eigenvalue weighted by Crippen LogP contribution is 2.25. The number of aromatic nitrogens is 2. The predicted molar refractivity (Wildman–Crippen MR) is 73.8 cm³/mol.